The highest BCUT2D eigenvalue weighted by atomic mass is 16.2. The van der Waals surface area contributed by atoms with Gasteiger partial charge >= 0.3 is 0 Å². The quantitative estimate of drug-likeness (QED) is 0.467. The van der Waals surface area contributed by atoms with Crippen LogP contribution in [0.15, 0.2) is 64.4 Å². The van der Waals surface area contributed by atoms with Gasteiger partial charge in [-0.15, -0.1) is 0 Å². The summed E-state index contributed by atoms with van der Waals surface area (Å²) in [4.78, 5) is 38.9. The van der Waals surface area contributed by atoms with Gasteiger partial charge in [-0.25, -0.2) is 4.98 Å². The van der Waals surface area contributed by atoms with E-state index in [1.807, 2.05) is 73.3 Å². The Hall–Kier alpha value is -3.58. The van der Waals surface area contributed by atoms with Crippen LogP contribution in [0.4, 0.5) is 0 Å². The maximum atomic E-state index is 13.8. The number of fused-ring (bicyclic) bond motifs is 1. The third-order valence-corrected chi connectivity index (χ3v) is 6.82. The number of carbonyl (C=O) groups excluding carboxylic acids is 1. The van der Waals surface area contributed by atoms with Gasteiger partial charge in [-0.2, -0.15) is 0 Å². The average molecular weight is 486 g/mol. The van der Waals surface area contributed by atoms with E-state index in [9.17, 15) is 9.59 Å². The van der Waals surface area contributed by atoms with Gasteiger partial charge in [0, 0.05) is 17.8 Å². The molecule has 0 bridgehead atoms. The zero-order chi connectivity index (χ0) is 25.7. The van der Waals surface area contributed by atoms with Crippen LogP contribution in [0, 0.1) is 0 Å². The molecular weight excluding hydrogens is 450 g/mol. The molecule has 188 valence electrons. The van der Waals surface area contributed by atoms with Gasteiger partial charge in [0.1, 0.15) is 5.82 Å². The summed E-state index contributed by atoms with van der Waals surface area (Å²) in [5.41, 5.74) is 10.5. The number of hydrogen-bond donors (Lipinski definition) is 1. The molecule has 0 spiro atoms. The molecule has 7 heteroatoms. The molecule has 2 heterocycles. The number of rotatable bonds is 10. The predicted molar refractivity (Wildman–Crippen MR) is 144 cm³/mol. The molecule has 7 nitrogen and oxygen atoms in total. The van der Waals surface area contributed by atoms with Gasteiger partial charge in [0.2, 0.25) is 0 Å². The second-order valence-electron chi connectivity index (χ2n) is 9.19. The van der Waals surface area contributed by atoms with Gasteiger partial charge in [-0.1, -0.05) is 56.3 Å². The van der Waals surface area contributed by atoms with Gasteiger partial charge in [-0.05, 0) is 56.0 Å². The molecular formula is C29H35N5O2. The highest BCUT2D eigenvalue weighted by Gasteiger charge is 2.31. The van der Waals surface area contributed by atoms with Crippen molar-refractivity contribution in [3.8, 4) is 0 Å². The molecule has 1 aliphatic rings. The van der Waals surface area contributed by atoms with Crippen LogP contribution in [0.5, 0.6) is 0 Å². The minimum Gasteiger partial charge on any atom is -0.330 e. The van der Waals surface area contributed by atoms with Crippen molar-refractivity contribution < 1.29 is 4.79 Å². The molecule has 1 unspecified atom stereocenters. The molecule has 0 saturated heterocycles. The molecule has 0 fully saturated rings. The average Bonchev–Trinajstić information content (AvgIpc) is 3.29. The monoisotopic (exact) mass is 485 g/mol. The first-order valence-corrected chi connectivity index (χ1v) is 12.8. The van der Waals surface area contributed by atoms with Crippen molar-refractivity contribution in [1.29, 1.82) is 0 Å². The topological polar surface area (TPSA) is 93.6 Å². The summed E-state index contributed by atoms with van der Waals surface area (Å²) in [5.74, 6) is 0.525. The fourth-order valence-electron chi connectivity index (χ4n) is 4.79. The molecule has 1 aliphatic heterocycles. The minimum absolute atomic E-state index is 0.0774. The summed E-state index contributed by atoms with van der Waals surface area (Å²) >= 11 is 0. The highest BCUT2D eigenvalue weighted by molar-refractivity contribution is 6.01. The van der Waals surface area contributed by atoms with E-state index in [2.05, 4.69) is 11.9 Å². The minimum atomic E-state index is -0.377. The number of carbonyl (C=O) groups is 1. The largest absolute Gasteiger partial charge is 0.330 e. The molecule has 0 saturated carbocycles. The highest BCUT2D eigenvalue weighted by Crippen LogP contribution is 2.27. The Kier molecular flexibility index (Phi) is 8.10. The van der Waals surface area contributed by atoms with E-state index in [0.717, 1.165) is 17.7 Å². The smallest absolute Gasteiger partial charge is 0.263 e. The number of aliphatic imine (C=N–C) groups is 1. The number of hydrogen-bond acceptors (Lipinski definition) is 5. The van der Waals surface area contributed by atoms with Crippen molar-refractivity contribution in [2.75, 3.05) is 13.1 Å². The van der Waals surface area contributed by atoms with Gasteiger partial charge in [0.15, 0.2) is 0 Å². The summed E-state index contributed by atoms with van der Waals surface area (Å²) in [6.45, 7) is 7.70. The molecule has 36 heavy (non-hydrogen) atoms. The lowest BCUT2D eigenvalue weighted by Gasteiger charge is -2.32. The van der Waals surface area contributed by atoms with E-state index in [0.29, 0.717) is 61.7 Å². The van der Waals surface area contributed by atoms with E-state index < -0.39 is 0 Å². The first kappa shape index (κ1) is 25.5. The molecule has 1 atom stereocenters. The Morgan fingerprint density at radius 1 is 1.08 bits per heavy atom. The van der Waals surface area contributed by atoms with Crippen molar-refractivity contribution >= 4 is 11.6 Å². The lowest BCUT2D eigenvalue weighted by Crippen LogP contribution is -2.41. The third-order valence-electron chi connectivity index (χ3n) is 6.82. The summed E-state index contributed by atoms with van der Waals surface area (Å²) in [5, 5.41) is 0. The summed E-state index contributed by atoms with van der Waals surface area (Å²) in [6.07, 6.45) is 2.18. The zero-order valence-electron chi connectivity index (χ0n) is 21.4. The number of nitrogens with zero attached hydrogens (tertiary/aromatic N) is 4. The van der Waals surface area contributed by atoms with Gasteiger partial charge in [0.25, 0.3) is 11.5 Å². The zero-order valence-corrected chi connectivity index (χ0v) is 21.4. The molecule has 1 aromatic heterocycles. The van der Waals surface area contributed by atoms with Crippen LogP contribution in [-0.4, -0.2) is 39.2 Å². The third kappa shape index (κ3) is 5.16. The lowest BCUT2D eigenvalue weighted by atomic mass is 10.0. The van der Waals surface area contributed by atoms with Crippen molar-refractivity contribution in [2.24, 2.45) is 10.7 Å². The maximum absolute atomic E-state index is 13.8. The maximum Gasteiger partial charge on any atom is 0.263 e. The second kappa shape index (κ2) is 11.4. The predicted octanol–water partition coefficient (Wildman–Crippen LogP) is 4.12. The fraction of sp³-hybridized carbons (Fsp3) is 0.379. The normalized spacial score (nSPS) is 13.3. The van der Waals surface area contributed by atoms with Crippen LogP contribution < -0.4 is 11.3 Å². The molecule has 2 aromatic carbocycles. The number of aromatic nitrogens is 2. The van der Waals surface area contributed by atoms with Crippen molar-refractivity contribution in [3.63, 3.8) is 0 Å². The Bertz CT molecular complexity index is 1300. The standard InChI is InChI=1S/C29H35N5O2/c1-4-21-12-14-23(15-13-21)28(35)33(17-9-16-30)25(5-2)27-32-24-18-31-20(3)26(24)29(36)34(27)19-22-10-7-6-8-11-22/h6-8,10-15,25H,4-5,9,16-19,30H2,1-3H3. The van der Waals surface area contributed by atoms with Crippen molar-refractivity contribution in [2.45, 2.75) is 59.2 Å². The number of benzene rings is 2. The second-order valence-corrected chi connectivity index (χ2v) is 9.19. The van der Waals surface area contributed by atoms with E-state index in [-0.39, 0.29) is 17.5 Å². The Balaban J connectivity index is 1.82. The summed E-state index contributed by atoms with van der Waals surface area (Å²) < 4.78 is 1.73. The first-order chi connectivity index (χ1) is 17.5. The molecule has 0 aliphatic carbocycles. The van der Waals surface area contributed by atoms with E-state index in [4.69, 9.17) is 10.7 Å². The van der Waals surface area contributed by atoms with Crippen LogP contribution in [0.1, 0.15) is 78.2 Å². The number of amides is 1. The van der Waals surface area contributed by atoms with Gasteiger partial charge in [0.05, 0.1) is 30.4 Å². The van der Waals surface area contributed by atoms with Crippen LogP contribution in [0.2, 0.25) is 0 Å². The van der Waals surface area contributed by atoms with E-state index in [1.165, 1.54) is 5.56 Å². The Morgan fingerprint density at radius 3 is 2.44 bits per heavy atom. The molecule has 4 rings (SSSR count). The molecule has 0 radical (unpaired) electrons. The van der Waals surface area contributed by atoms with Crippen LogP contribution in [0.3, 0.4) is 0 Å². The SMILES string of the molecule is CCc1ccc(C(=O)N(CCCN)C(CC)c2nc3c(c(=O)n2Cc2ccccc2)C(C)=NC3)cc1. The molecule has 2 N–H and O–H groups in total. The summed E-state index contributed by atoms with van der Waals surface area (Å²) in [7, 11) is 0. The lowest BCUT2D eigenvalue weighted by molar-refractivity contribution is 0.0655. The van der Waals surface area contributed by atoms with Gasteiger partial charge < -0.3 is 10.6 Å². The molecule has 3 aromatic rings. The van der Waals surface area contributed by atoms with Crippen molar-refractivity contribution in [1.82, 2.24) is 14.5 Å². The summed E-state index contributed by atoms with van der Waals surface area (Å²) in [6, 6.07) is 17.2. The Labute approximate surface area is 212 Å². The van der Waals surface area contributed by atoms with Crippen LogP contribution in [-0.2, 0) is 19.5 Å². The first-order valence-electron chi connectivity index (χ1n) is 12.8. The number of aryl methyl sites for hydroxylation is 1. The van der Waals surface area contributed by atoms with Crippen molar-refractivity contribution in [3.05, 3.63) is 98.7 Å². The van der Waals surface area contributed by atoms with E-state index >= 15 is 0 Å². The van der Waals surface area contributed by atoms with Crippen LogP contribution in [0.25, 0.3) is 0 Å². The van der Waals surface area contributed by atoms with Crippen LogP contribution >= 0.6 is 0 Å². The Morgan fingerprint density at radius 2 is 1.81 bits per heavy atom. The molecule has 1 amide bonds. The van der Waals surface area contributed by atoms with Gasteiger partial charge in [-0.3, -0.25) is 19.1 Å². The number of nitrogens with two attached hydrogens (primary N) is 1. The fourth-order valence-corrected chi connectivity index (χ4v) is 4.79. The van der Waals surface area contributed by atoms with E-state index in [1.54, 1.807) is 4.57 Å².